The molecule has 4 heteroatoms. The molecule has 0 aliphatic heterocycles. The minimum absolute atomic E-state index is 0.110. The number of furan rings is 1. The zero-order valence-corrected chi connectivity index (χ0v) is 26.6. The van der Waals surface area contributed by atoms with Gasteiger partial charge in [-0.15, -0.1) is 0 Å². The molecule has 10 rings (SSSR count). The lowest BCUT2D eigenvalue weighted by Crippen LogP contribution is -2.16. The molecule has 48 heavy (non-hydrogen) atoms. The minimum atomic E-state index is -0.110. The lowest BCUT2D eigenvalue weighted by atomic mass is 9.80. The number of oxazole rings is 1. The predicted octanol–water partition coefficient (Wildman–Crippen LogP) is 12.3. The zero-order valence-electron chi connectivity index (χ0n) is 26.6. The van der Waals surface area contributed by atoms with Crippen molar-refractivity contribution < 1.29 is 8.83 Å². The van der Waals surface area contributed by atoms with Gasteiger partial charge in [0.25, 0.3) is 0 Å². The molecule has 0 saturated carbocycles. The molecule has 1 aliphatic carbocycles. The van der Waals surface area contributed by atoms with Gasteiger partial charge in [0.05, 0.1) is 0 Å². The third-order valence-corrected chi connectivity index (χ3v) is 10.1. The Bertz CT molecular complexity index is 2680. The van der Waals surface area contributed by atoms with E-state index in [-0.39, 0.29) is 5.41 Å². The molecular formula is C44H30N2O2. The van der Waals surface area contributed by atoms with Crippen LogP contribution in [-0.4, -0.2) is 4.98 Å². The lowest BCUT2D eigenvalue weighted by Gasteiger charge is -2.27. The summed E-state index contributed by atoms with van der Waals surface area (Å²) in [6.07, 6.45) is 0. The van der Waals surface area contributed by atoms with Gasteiger partial charge in [-0.1, -0.05) is 92.7 Å². The van der Waals surface area contributed by atoms with Crippen LogP contribution in [0.4, 0.5) is 17.1 Å². The number of para-hydroxylation sites is 3. The van der Waals surface area contributed by atoms with Crippen LogP contribution >= 0.6 is 0 Å². The summed E-state index contributed by atoms with van der Waals surface area (Å²) in [5.74, 6) is 0.591. The molecule has 228 valence electrons. The largest absolute Gasteiger partial charge is 0.456 e. The van der Waals surface area contributed by atoms with Gasteiger partial charge in [0.2, 0.25) is 5.89 Å². The first kappa shape index (κ1) is 27.0. The topological polar surface area (TPSA) is 42.4 Å². The molecule has 2 aromatic heterocycles. The molecule has 0 fully saturated rings. The number of anilines is 3. The number of nitrogens with zero attached hydrogens (tertiary/aromatic N) is 2. The van der Waals surface area contributed by atoms with Crippen LogP contribution in [0.2, 0.25) is 0 Å². The van der Waals surface area contributed by atoms with Gasteiger partial charge in [-0.05, 0) is 93.7 Å². The van der Waals surface area contributed by atoms with E-state index in [1.165, 1.54) is 33.0 Å². The van der Waals surface area contributed by atoms with E-state index in [1.54, 1.807) is 0 Å². The fourth-order valence-corrected chi connectivity index (χ4v) is 7.89. The van der Waals surface area contributed by atoms with E-state index in [0.29, 0.717) is 5.89 Å². The highest BCUT2D eigenvalue weighted by Gasteiger charge is 2.37. The van der Waals surface area contributed by atoms with Crippen LogP contribution in [-0.2, 0) is 5.41 Å². The second-order valence-corrected chi connectivity index (χ2v) is 13.2. The van der Waals surface area contributed by atoms with Gasteiger partial charge in [0.15, 0.2) is 5.58 Å². The van der Waals surface area contributed by atoms with Gasteiger partial charge in [-0.3, -0.25) is 0 Å². The van der Waals surface area contributed by atoms with E-state index in [1.807, 2.05) is 36.4 Å². The average Bonchev–Trinajstić information content (AvgIpc) is 3.79. The van der Waals surface area contributed by atoms with E-state index in [2.05, 4.69) is 128 Å². The minimum Gasteiger partial charge on any atom is -0.456 e. The van der Waals surface area contributed by atoms with E-state index >= 15 is 0 Å². The van der Waals surface area contributed by atoms with E-state index in [9.17, 15) is 0 Å². The molecule has 4 nitrogen and oxygen atoms in total. The SMILES string of the molecule is CC1(C)c2ccc(N(c3ccccc3)c3ccc4c(c3)oc3cccc(-c5nc6ccccc6o5)c34)cc2-c2ccc3ccccc3c21. The van der Waals surface area contributed by atoms with Crippen LogP contribution in [0, 0.1) is 0 Å². The van der Waals surface area contributed by atoms with Gasteiger partial charge in [-0.25, -0.2) is 4.98 Å². The molecule has 7 aromatic carbocycles. The highest BCUT2D eigenvalue weighted by Crippen LogP contribution is 2.53. The van der Waals surface area contributed by atoms with Crippen LogP contribution < -0.4 is 4.90 Å². The Labute approximate surface area is 277 Å². The second-order valence-electron chi connectivity index (χ2n) is 13.2. The molecule has 0 atom stereocenters. The second kappa shape index (κ2) is 9.93. The first-order valence-electron chi connectivity index (χ1n) is 16.4. The van der Waals surface area contributed by atoms with Crippen LogP contribution in [0.1, 0.15) is 25.0 Å². The van der Waals surface area contributed by atoms with Crippen molar-refractivity contribution in [1.82, 2.24) is 4.98 Å². The van der Waals surface area contributed by atoms with Crippen molar-refractivity contribution >= 4 is 60.9 Å². The zero-order chi connectivity index (χ0) is 32.0. The van der Waals surface area contributed by atoms with Crippen LogP contribution in [0.3, 0.4) is 0 Å². The molecular weight excluding hydrogens is 588 g/mol. The van der Waals surface area contributed by atoms with Gasteiger partial charge in [0.1, 0.15) is 16.7 Å². The summed E-state index contributed by atoms with van der Waals surface area (Å²) in [6, 6.07) is 51.2. The molecule has 0 spiro atoms. The Kier molecular flexibility index (Phi) is 5.59. The van der Waals surface area contributed by atoms with Crippen molar-refractivity contribution in [3.63, 3.8) is 0 Å². The van der Waals surface area contributed by atoms with E-state index in [0.717, 1.165) is 55.7 Å². The maximum atomic E-state index is 6.54. The third-order valence-electron chi connectivity index (χ3n) is 10.1. The molecule has 2 heterocycles. The van der Waals surface area contributed by atoms with Crippen LogP contribution in [0.25, 0.3) is 66.4 Å². The molecule has 0 saturated heterocycles. The number of hydrogen-bond donors (Lipinski definition) is 0. The normalized spacial score (nSPS) is 13.4. The van der Waals surface area contributed by atoms with Crippen molar-refractivity contribution in [2.45, 2.75) is 19.3 Å². The molecule has 0 radical (unpaired) electrons. The van der Waals surface area contributed by atoms with Crippen molar-refractivity contribution in [3.8, 4) is 22.6 Å². The van der Waals surface area contributed by atoms with Crippen LogP contribution in [0.5, 0.6) is 0 Å². The average molecular weight is 619 g/mol. The number of aromatic nitrogens is 1. The standard InChI is InChI=1S/C44H30N2O2/c1-44(2)36-24-21-29(25-35(36)32-22-19-27-11-6-7-14-31(27)42(32)44)46(28-12-4-3-5-13-28)30-20-23-33-40(26-30)47-39-18-10-15-34(41(33)39)43-45-37-16-8-9-17-38(37)48-43/h3-26H,1-2H3. The summed E-state index contributed by atoms with van der Waals surface area (Å²) in [7, 11) is 0. The maximum Gasteiger partial charge on any atom is 0.228 e. The van der Waals surface area contributed by atoms with Gasteiger partial charge in [-0.2, -0.15) is 0 Å². The number of hydrogen-bond acceptors (Lipinski definition) is 4. The Morgan fingerprint density at radius 1 is 0.521 bits per heavy atom. The number of rotatable bonds is 4. The molecule has 9 aromatic rings. The fraction of sp³-hybridized carbons (Fsp3) is 0.0682. The first-order valence-corrected chi connectivity index (χ1v) is 16.4. The van der Waals surface area contributed by atoms with Gasteiger partial charge >= 0.3 is 0 Å². The Morgan fingerprint density at radius 3 is 2.19 bits per heavy atom. The first-order chi connectivity index (χ1) is 23.5. The molecule has 1 aliphatic rings. The van der Waals surface area contributed by atoms with E-state index < -0.39 is 0 Å². The summed E-state index contributed by atoms with van der Waals surface area (Å²) < 4.78 is 12.7. The monoisotopic (exact) mass is 618 g/mol. The van der Waals surface area contributed by atoms with Crippen LogP contribution in [0.15, 0.2) is 154 Å². The number of fused-ring (bicyclic) bond motifs is 9. The fourth-order valence-electron chi connectivity index (χ4n) is 7.89. The Hall–Kier alpha value is -6.13. The van der Waals surface area contributed by atoms with Gasteiger partial charge < -0.3 is 13.7 Å². The smallest absolute Gasteiger partial charge is 0.228 e. The summed E-state index contributed by atoms with van der Waals surface area (Å²) in [6.45, 7) is 4.70. The predicted molar refractivity (Wildman–Crippen MR) is 196 cm³/mol. The Balaban J connectivity index is 1.15. The van der Waals surface area contributed by atoms with Crippen molar-refractivity contribution in [2.75, 3.05) is 4.90 Å². The Morgan fingerprint density at radius 2 is 1.29 bits per heavy atom. The molecule has 0 N–H and O–H groups in total. The van der Waals surface area contributed by atoms with E-state index in [4.69, 9.17) is 13.8 Å². The van der Waals surface area contributed by atoms with Crippen molar-refractivity contribution in [2.24, 2.45) is 0 Å². The summed E-state index contributed by atoms with van der Waals surface area (Å²) in [4.78, 5) is 7.12. The number of benzene rings is 7. The van der Waals surface area contributed by atoms with Crippen molar-refractivity contribution in [1.29, 1.82) is 0 Å². The molecule has 0 amide bonds. The molecule has 0 bridgehead atoms. The lowest BCUT2D eigenvalue weighted by molar-refractivity contribution is 0.620. The summed E-state index contributed by atoms with van der Waals surface area (Å²) in [5, 5.41) is 4.63. The highest BCUT2D eigenvalue weighted by atomic mass is 16.3. The third kappa shape index (κ3) is 3.86. The van der Waals surface area contributed by atoms with Gasteiger partial charge in [0, 0.05) is 44.9 Å². The summed E-state index contributed by atoms with van der Waals surface area (Å²) in [5.41, 5.74) is 12.6. The van der Waals surface area contributed by atoms with Crippen molar-refractivity contribution in [3.05, 3.63) is 157 Å². The summed E-state index contributed by atoms with van der Waals surface area (Å²) >= 11 is 0. The molecule has 0 unspecified atom stereocenters. The quantitative estimate of drug-likeness (QED) is 0.197. The highest BCUT2D eigenvalue weighted by molar-refractivity contribution is 6.12. The maximum absolute atomic E-state index is 6.54.